The second-order valence-corrected chi connectivity index (χ2v) is 9.70. The summed E-state index contributed by atoms with van der Waals surface area (Å²) in [5.74, 6) is 0.638. The summed E-state index contributed by atoms with van der Waals surface area (Å²) in [6, 6.07) is 15.3. The Bertz CT molecular complexity index is 1650. The van der Waals surface area contributed by atoms with E-state index in [2.05, 4.69) is 27.5 Å². The molecule has 0 radical (unpaired) electrons. The Morgan fingerprint density at radius 3 is 2.53 bits per heavy atom. The SMILES string of the molecule is CCCc1c(Cc2ccc(-c3ccccc3)c(C3=NNC(=O)C3)c2)c(=O)n(C(C)C(C)=O)c2nc(C)nn12. The standard InChI is InChI=1S/C29H30N6O3/c1-5-9-26-24(28(38)34(17(2)18(3)36)29-30-19(4)33-35(26)29)15-20-12-13-22(21-10-7-6-8-11-21)23(14-20)25-16-27(37)32-31-25/h6-8,10-14,17H,5,9,15-16H2,1-4H3,(H,32,37). The Kier molecular flexibility index (Phi) is 6.75. The van der Waals surface area contributed by atoms with E-state index in [9.17, 15) is 14.4 Å². The molecule has 0 fully saturated rings. The zero-order chi connectivity index (χ0) is 27.0. The monoisotopic (exact) mass is 510 g/mol. The van der Waals surface area contributed by atoms with Gasteiger partial charge in [0.15, 0.2) is 5.78 Å². The molecule has 4 aromatic rings. The molecule has 194 valence electrons. The highest BCUT2D eigenvalue weighted by Gasteiger charge is 2.25. The molecule has 1 aliphatic rings. The van der Waals surface area contributed by atoms with Gasteiger partial charge < -0.3 is 0 Å². The first-order valence-corrected chi connectivity index (χ1v) is 12.8. The Labute approximate surface area is 220 Å². The van der Waals surface area contributed by atoms with E-state index in [1.54, 1.807) is 18.4 Å². The number of hydrogen-bond donors (Lipinski definition) is 1. The fourth-order valence-electron chi connectivity index (χ4n) is 4.96. The van der Waals surface area contributed by atoms with E-state index in [1.165, 1.54) is 11.5 Å². The number of amides is 1. The van der Waals surface area contributed by atoms with Crippen molar-refractivity contribution in [3.63, 3.8) is 0 Å². The lowest BCUT2D eigenvalue weighted by Crippen LogP contribution is -2.33. The van der Waals surface area contributed by atoms with Crippen molar-refractivity contribution in [2.75, 3.05) is 0 Å². The second kappa shape index (κ2) is 10.2. The van der Waals surface area contributed by atoms with Crippen molar-refractivity contribution in [1.82, 2.24) is 24.6 Å². The molecular formula is C29H30N6O3. The van der Waals surface area contributed by atoms with Crippen molar-refractivity contribution in [1.29, 1.82) is 0 Å². The normalized spacial score (nSPS) is 14.0. The summed E-state index contributed by atoms with van der Waals surface area (Å²) >= 11 is 0. The highest BCUT2D eigenvalue weighted by Crippen LogP contribution is 2.28. The molecule has 38 heavy (non-hydrogen) atoms. The molecule has 1 unspecified atom stereocenters. The molecule has 9 nitrogen and oxygen atoms in total. The highest BCUT2D eigenvalue weighted by molar-refractivity contribution is 6.16. The maximum atomic E-state index is 14.0. The largest absolute Gasteiger partial charge is 0.298 e. The number of nitrogens with zero attached hydrogens (tertiary/aromatic N) is 5. The van der Waals surface area contributed by atoms with Gasteiger partial charge in [-0.05, 0) is 49.9 Å². The number of Topliss-reactive ketones (excluding diaryl/α,β-unsaturated/α-hetero) is 1. The Hall–Kier alpha value is -4.40. The quantitative estimate of drug-likeness (QED) is 0.388. The molecule has 0 saturated carbocycles. The molecule has 0 bridgehead atoms. The second-order valence-electron chi connectivity index (χ2n) is 9.70. The molecular weight excluding hydrogens is 480 g/mol. The summed E-state index contributed by atoms with van der Waals surface area (Å²) in [6.45, 7) is 7.02. The maximum absolute atomic E-state index is 14.0. The summed E-state index contributed by atoms with van der Waals surface area (Å²) in [5, 5.41) is 8.87. The van der Waals surface area contributed by atoms with Crippen LogP contribution in [0.25, 0.3) is 16.9 Å². The van der Waals surface area contributed by atoms with Crippen molar-refractivity contribution in [2.45, 2.75) is 59.4 Å². The third-order valence-electron chi connectivity index (χ3n) is 6.96. The Morgan fingerprint density at radius 2 is 1.87 bits per heavy atom. The van der Waals surface area contributed by atoms with E-state index >= 15 is 0 Å². The van der Waals surface area contributed by atoms with E-state index in [0.29, 0.717) is 35.7 Å². The van der Waals surface area contributed by atoms with E-state index in [4.69, 9.17) is 0 Å². The third-order valence-corrected chi connectivity index (χ3v) is 6.96. The molecule has 1 atom stereocenters. The van der Waals surface area contributed by atoms with Crippen LogP contribution in [0.3, 0.4) is 0 Å². The lowest BCUT2D eigenvalue weighted by Gasteiger charge is -2.19. The van der Waals surface area contributed by atoms with Crippen LogP contribution in [0, 0.1) is 6.92 Å². The minimum absolute atomic E-state index is 0.130. The first-order chi connectivity index (χ1) is 18.3. The van der Waals surface area contributed by atoms with Gasteiger partial charge in [-0.25, -0.2) is 9.94 Å². The van der Waals surface area contributed by atoms with Gasteiger partial charge in [-0.3, -0.25) is 19.0 Å². The summed E-state index contributed by atoms with van der Waals surface area (Å²) < 4.78 is 3.18. The Morgan fingerprint density at radius 1 is 1.11 bits per heavy atom. The molecule has 2 aromatic heterocycles. The van der Waals surface area contributed by atoms with Crippen molar-refractivity contribution in [3.8, 4) is 11.1 Å². The van der Waals surface area contributed by atoms with Gasteiger partial charge in [0.25, 0.3) is 5.56 Å². The zero-order valence-corrected chi connectivity index (χ0v) is 22.0. The van der Waals surface area contributed by atoms with Gasteiger partial charge in [0.1, 0.15) is 5.82 Å². The van der Waals surface area contributed by atoms with Gasteiger partial charge >= 0.3 is 0 Å². The van der Waals surface area contributed by atoms with E-state index in [1.807, 2.05) is 48.5 Å². The Balaban J connectivity index is 1.69. The smallest absolute Gasteiger partial charge is 0.259 e. The number of ketones is 1. The zero-order valence-electron chi connectivity index (χ0n) is 22.0. The molecule has 1 amide bonds. The average Bonchev–Trinajstić information content (AvgIpc) is 3.51. The van der Waals surface area contributed by atoms with Crippen LogP contribution in [0.15, 0.2) is 58.4 Å². The van der Waals surface area contributed by atoms with Crippen LogP contribution in [0.1, 0.15) is 67.9 Å². The van der Waals surface area contributed by atoms with Crippen LogP contribution < -0.4 is 11.0 Å². The van der Waals surface area contributed by atoms with Crippen LogP contribution >= 0.6 is 0 Å². The van der Waals surface area contributed by atoms with Gasteiger partial charge in [0, 0.05) is 17.5 Å². The molecule has 0 aliphatic carbocycles. The predicted octanol–water partition coefficient (Wildman–Crippen LogP) is 3.78. The van der Waals surface area contributed by atoms with Gasteiger partial charge in [0.05, 0.1) is 23.9 Å². The fourth-order valence-corrected chi connectivity index (χ4v) is 4.96. The van der Waals surface area contributed by atoms with Crippen LogP contribution in [-0.2, 0) is 22.4 Å². The predicted molar refractivity (Wildman–Crippen MR) is 145 cm³/mol. The number of fused-ring (bicyclic) bond motifs is 1. The molecule has 1 N–H and O–H groups in total. The number of aromatic nitrogens is 4. The first kappa shape index (κ1) is 25.3. The van der Waals surface area contributed by atoms with Gasteiger partial charge in [-0.15, -0.1) is 0 Å². The van der Waals surface area contributed by atoms with Crippen LogP contribution in [0.2, 0.25) is 0 Å². The molecule has 2 aromatic carbocycles. The topological polar surface area (TPSA) is 111 Å². The summed E-state index contributed by atoms with van der Waals surface area (Å²) in [5.41, 5.74) is 8.07. The molecule has 3 heterocycles. The van der Waals surface area contributed by atoms with Gasteiger partial charge in [0.2, 0.25) is 11.7 Å². The average molecular weight is 511 g/mol. The minimum Gasteiger partial charge on any atom is -0.298 e. The maximum Gasteiger partial charge on any atom is 0.259 e. The number of carbonyl (C=O) groups is 2. The fraction of sp³-hybridized carbons (Fsp3) is 0.310. The number of carbonyl (C=O) groups excluding carboxylic acids is 2. The number of rotatable bonds is 8. The van der Waals surface area contributed by atoms with Crippen LogP contribution in [0.5, 0.6) is 0 Å². The molecule has 9 heteroatoms. The van der Waals surface area contributed by atoms with Crippen molar-refractivity contribution >= 4 is 23.2 Å². The van der Waals surface area contributed by atoms with Crippen molar-refractivity contribution in [3.05, 3.63) is 87.1 Å². The van der Waals surface area contributed by atoms with Crippen LogP contribution in [0.4, 0.5) is 0 Å². The third kappa shape index (κ3) is 4.55. The van der Waals surface area contributed by atoms with Gasteiger partial charge in [-0.2, -0.15) is 15.2 Å². The number of nitrogens with one attached hydrogen (secondary N) is 1. The lowest BCUT2D eigenvalue weighted by atomic mass is 9.91. The van der Waals surface area contributed by atoms with Crippen molar-refractivity contribution < 1.29 is 9.59 Å². The highest BCUT2D eigenvalue weighted by atomic mass is 16.2. The number of hydrogen-bond acceptors (Lipinski definition) is 6. The molecule has 0 saturated heterocycles. The van der Waals surface area contributed by atoms with Gasteiger partial charge in [-0.1, -0.05) is 55.8 Å². The van der Waals surface area contributed by atoms with E-state index in [0.717, 1.165) is 34.4 Å². The first-order valence-electron chi connectivity index (χ1n) is 12.8. The lowest BCUT2D eigenvalue weighted by molar-refractivity contribution is -0.120. The minimum atomic E-state index is -0.677. The molecule has 5 rings (SSSR count). The van der Waals surface area contributed by atoms with E-state index < -0.39 is 6.04 Å². The van der Waals surface area contributed by atoms with Crippen molar-refractivity contribution in [2.24, 2.45) is 5.10 Å². The van der Waals surface area contributed by atoms with Crippen LogP contribution in [-0.4, -0.2) is 36.6 Å². The molecule has 1 aliphatic heterocycles. The number of hydrazone groups is 1. The summed E-state index contributed by atoms with van der Waals surface area (Å²) in [4.78, 5) is 42.8. The summed E-state index contributed by atoms with van der Waals surface area (Å²) in [6.07, 6.45) is 1.98. The van der Waals surface area contributed by atoms with E-state index in [-0.39, 0.29) is 23.7 Å². The molecule has 0 spiro atoms. The summed E-state index contributed by atoms with van der Waals surface area (Å²) in [7, 11) is 0. The number of aryl methyl sites for hydroxylation is 2. The number of benzene rings is 2.